The first-order chi connectivity index (χ1) is 25.7. The van der Waals surface area contributed by atoms with Crippen molar-refractivity contribution in [2.24, 2.45) is 0 Å². The first kappa shape index (κ1) is 28.7. The van der Waals surface area contributed by atoms with Gasteiger partial charge in [-0.05, 0) is 69.8 Å². The minimum Gasteiger partial charge on any atom is -0.456 e. The molecular weight excluding hydrogens is 639 g/mol. The number of hydrogen-bond donors (Lipinski definition) is 0. The molecule has 8 aromatic carbocycles. The van der Waals surface area contributed by atoms with Crippen LogP contribution < -0.4 is 0 Å². The molecule has 5 heteroatoms. The normalized spacial score (nSPS) is 11.8. The van der Waals surface area contributed by atoms with Gasteiger partial charge in [-0.2, -0.15) is 0 Å². The Morgan fingerprint density at radius 3 is 1.60 bits per heavy atom. The minimum absolute atomic E-state index is 0.565. The largest absolute Gasteiger partial charge is 0.456 e. The fourth-order valence-corrected chi connectivity index (χ4v) is 7.55. The highest BCUT2D eigenvalue weighted by Crippen LogP contribution is 2.41. The molecule has 3 aromatic heterocycles. The molecular formula is C47H27N3O2. The van der Waals surface area contributed by atoms with Gasteiger partial charge in [0.05, 0.1) is 0 Å². The van der Waals surface area contributed by atoms with Gasteiger partial charge in [0, 0.05) is 43.6 Å². The van der Waals surface area contributed by atoms with Gasteiger partial charge in [-0.15, -0.1) is 0 Å². The summed E-state index contributed by atoms with van der Waals surface area (Å²) in [5, 5.41) is 8.78. The molecule has 52 heavy (non-hydrogen) atoms. The zero-order chi connectivity index (χ0) is 34.2. The summed E-state index contributed by atoms with van der Waals surface area (Å²) >= 11 is 0. The summed E-state index contributed by atoms with van der Waals surface area (Å²) in [6, 6.07) is 56.4. The number of fused-ring (bicyclic) bond motifs is 9. The maximum atomic E-state index is 6.69. The van der Waals surface area contributed by atoms with Crippen molar-refractivity contribution < 1.29 is 8.83 Å². The van der Waals surface area contributed by atoms with Crippen LogP contribution in [0.15, 0.2) is 173 Å². The third-order valence-corrected chi connectivity index (χ3v) is 10.1. The maximum absolute atomic E-state index is 6.69. The van der Waals surface area contributed by atoms with Crippen molar-refractivity contribution in [3.8, 4) is 45.3 Å². The van der Waals surface area contributed by atoms with Crippen molar-refractivity contribution in [2.45, 2.75) is 0 Å². The van der Waals surface area contributed by atoms with Gasteiger partial charge in [-0.25, -0.2) is 15.0 Å². The van der Waals surface area contributed by atoms with Crippen molar-refractivity contribution in [3.05, 3.63) is 164 Å². The molecule has 0 atom stereocenters. The Bertz CT molecular complexity index is 3190. The van der Waals surface area contributed by atoms with Crippen LogP contribution in [0, 0.1) is 0 Å². The lowest BCUT2D eigenvalue weighted by Gasteiger charge is -2.09. The van der Waals surface area contributed by atoms with E-state index in [0.29, 0.717) is 17.5 Å². The molecule has 0 radical (unpaired) electrons. The third-order valence-electron chi connectivity index (χ3n) is 10.1. The minimum atomic E-state index is 0.565. The third kappa shape index (κ3) is 4.53. The Balaban J connectivity index is 1.11. The van der Waals surface area contributed by atoms with Crippen LogP contribution >= 0.6 is 0 Å². The van der Waals surface area contributed by atoms with Crippen LogP contribution in [0.3, 0.4) is 0 Å². The Morgan fingerprint density at radius 2 is 0.846 bits per heavy atom. The molecule has 5 nitrogen and oxygen atoms in total. The summed E-state index contributed by atoms with van der Waals surface area (Å²) in [7, 11) is 0. The molecule has 0 bridgehead atoms. The van der Waals surface area contributed by atoms with E-state index < -0.39 is 0 Å². The highest BCUT2D eigenvalue weighted by atomic mass is 16.3. The van der Waals surface area contributed by atoms with E-state index in [4.69, 9.17) is 23.8 Å². The van der Waals surface area contributed by atoms with Crippen molar-refractivity contribution >= 4 is 65.4 Å². The summed E-state index contributed by atoms with van der Waals surface area (Å²) in [4.78, 5) is 15.2. The zero-order valence-corrected chi connectivity index (χ0v) is 27.7. The van der Waals surface area contributed by atoms with E-state index in [2.05, 4.69) is 127 Å². The van der Waals surface area contributed by atoms with E-state index >= 15 is 0 Å². The summed E-state index contributed by atoms with van der Waals surface area (Å²) in [5.74, 6) is 1.73. The number of nitrogens with zero attached hydrogens (tertiary/aromatic N) is 3. The van der Waals surface area contributed by atoms with Crippen LogP contribution in [0.2, 0.25) is 0 Å². The van der Waals surface area contributed by atoms with E-state index in [1.54, 1.807) is 0 Å². The highest BCUT2D eigenvalue weighted by molar-refractivity contribution is 6.19. The molecule has 0 fully saturated rings. The summed E-state index contributed by atoms with van der Waals surface area (Å²) in [5.41, 5.74) is 8.25. The van der Waals surface area contributed by atoms with Crippen LogP contribution in [0.1, 0.15) is 0 Å². The van der Waals surface area contributed by atoms with Gasteiger partial charge in [0.15, 0.2) is 17.5 Å². The maximum Gasteiger partial charge on any atom is 0.164 e. The Labute approximate surface area is 297 Å². The van der Waals surface area contributed by atoms with Crippen LogP contribution in [-0.2, 0) is 0 Å². The second kappa shape index (κ2) is 11.2. The summed E-state index contributed by atoms with van der Waals surface area (Å²) in [6.45, 7) is 0. The summed E-state index contributed by atoms with van der Waals surface area (Å²) in [6.07, 6.45) is 0. The predicted molar refractivity (Wildman–Crippen MR) is 211 cm³/mol. The van der Waals surface area contributed by atoms with E-state index in [1.165, 1.54) is 11.1 Å². The van der Waals surface area contributed by atoms with Gasteiger partial charge >= 0.3 is 0 Å². The van der Waals surface area contributed by atoms with E-state index in [9.17, 15) is 0 Å². The topological polar surface area (TPSA) is 65.0 Å². The van der Waals surface area contributed by atoms with Gasteiger partial charge in [-0.3, -0.25) is 0 Å². The molecule has 11 aromatic rings. The SMILES string of the molecule is c1ccc(-c2cc3c4ccc(-c5nc(-c6ccc7ccccc7c6)nc(-c6ccc7c(c6)oc6ccccc67)n5)cc4oc3c3ccccc23)cc1. The number of aromatic nitrogens is 3. The quantitative estimate of drug-likeness (QED) is 0.187. The predicted octanol–water partition coefficient (Wildman–Crippen LogP) is 12.6. The first-order valence-corrected chi connectivity index (χ1v) is 17.3. The average Bonchev–Trinajstić information content (AvgIpc) is 3.78. The van der Waals surface area contributed by atoms with Crippen molar-refractivity contribution in [2.75, 3.05) is 0 Å². The van der Waals surface area contributed by atoms with Gasteiger partial charge in [0.2, 0.25) is 0 Å². The van der Waals surface area contributed by atoms with E-state index in [0.717, 1.165) is 82.1 Å². The molecule has 0 spiro atoms. The number of hydrogen-bond acceptors (Lipinski definition) is 5. The molecule has 0 saturated carbocycles. The van der Waals surface area contributed by atoms with Crippen LogP contribution in [-0.4, -0.2) is 15.0 Å². The average molecular weight is 666 g/mol. The Morgan fingerprint density at radius 1 is 0.308 bits per heavy atom. The molecule has 3 heterocycles. The molecule has 0 unspecified atom stereocenters. The van der Waals surface area contributed by atoms with E-state index in [-0.39, 0.29) is 0 Å². The monoisotopic (exact) mass is 665 g/mol. The standard InChI is InChI=1S/C47H27N3O2/c1-2-11-29(12-3-1)39-27-40-37-23-21-33(26-43(37)52-44(40)38-16-7-6-14-34(38)39)47-49-45(31-19-18-28-10-4-5-13-30(28)24-31)48-46(50-47)32-20-22-36-35-15-8-9-17-41(35)51-42(36)25-32/h1-27H. The lowest BCUT2D eigenvalue weighted by Crippen LogP contribution is -2.00. The van der Waals surface area contributed by atoms with Crippen molar-refractivity contribution in [1.82, 2.24) is 15.0 Å². The lowest BCUT2D eigenvalue weighted by molar-refractivity contribution is 0.669. The molecule has 0 amide bonds. The van der Waals surface area contributed by atoms with Crippen LogP contribution in [0.25, 0.3) is 111 Å². The van der Waals surface area contributed by atoms with Crippen molar-refractivity contribution in [1.29, 1.82) is 0 Å². The number of benzene rings is 8. The van der Waals surface area contributed by atoms with Gasteiger partial charge < -0.3 is 8.83 Å². The van der Waals surface area contributed by atoms with Crippen LogP contribution in [0.5, 0.6) is 0 Å². The molecule has 0 N–H and O–H groups in total. The van der Waals surface area contributed by atoms with Crippen LogP contribution in [0.4, 0.5) is 0 Å². The van der Waals surface area contributed by atoms with Crippen molar-refractivity contribution in [3.63, 3.8) is 0 Å². The molecule has 11 rings (SSSR count). The summed E-state index contributed by atoms with van der Waals surface area (Å²) < 4.78 is 12.9. The molecule has 0 aliphatic rings. The van der Waals surface area contributed by atoms with Gasteiger partial charge in [0.1, 0.15) is 22.3 Å². The second-order valence-electron chi connectivity index (χ2n) is 13.2. The fraction of sp³-hybridized carbons (Fsp3) is 0. The number of furan rings is 2. The second-order valence-corrected chi connectivity index (χ2v) is 13.2. The molecule has 0 saturated heterocycles. The molecule has 0 aliphatic heterocycles. The van der Waals surface area contributed by atoms with Gasteiger partial charge in [-0.1, -0.05) is 121 Å². The molecule has 0 aliphatic carbocycles. The number of para-hydroxylation sites is 1. The lowest BCUT2D eigenvalue weighted by atomic mass is 9.95. The fourth-order valence-electron chi connectivity index (χ4n) is 7.55. The number of rotatable bonds is 4. The van der Waals surface area contributed by atoms with E-state index in [1.807, 2.05) is 36.4 Å². The Hall–Kier alpha value is -7.11. The Kier molecular flexibility index (Phi) is 6.18. The molecule has 242 valence electrons. The first-order valence-electron chi connectivity index (χ1n) is 17.3. The van der Waals surface area contributed by atoms with Gasteiger partial charge in [0.25, 0.3) is 0 Å². The zero-order valence-electron chi connectivity index (χ0n) is 27.7. The smallest absolute Gasteiger partial charge is 0.164 e. The highest BCUT2D eigenvalue weighted by Gasteiger charge is 2.18.